The first-order chi connectivity index (χ1) is 9.44. The second-order valence-corrected chi connectivity index (χ2v) is 6.40. The van der Waals surface area contributed by atoms with Crippen molar-refractivity contribution in [2.24, 2.45) is 0 Å². The van der Waals surface area contributed by atoms with E-state index in [9.17, 15) is 8.42 Å². The molecule has 1 N–H and O–H groups in total. The molecule has 1 unspecified atom stereocenters. The minimum atomic E-state index is -3.51. The summed E-state index contributed by atoms with van der Waals surface area (Å²) in [5.41, 5.74) is 1.74. The van der Waals surface area contributed by atoms with Crippen molar-refractivity contribution in [2.75, 3.05) is 0 Å². The molecular weight excluding hydrogens is 274 g/mol. The number of nitrogens with one attached hydrogen (secondary N) is 1. The van der Waals surface area contributed by atoms with Crippen LogP contribution in [0.1, 0.15) is 31.1 Å². The van der Waals surface area contributed by atoms with Gasteiger partial charge in [-0.25, -0.2) is 13.1 Å². The van der Waals surface area contributed by atoms with Gasteiger partial charge < -0.3 is 0 Å². The normalized spacial score (nSPS) is 13.3. The van der Waals surface area contributed by atoms with E-state index in [0.717, 1.165) is 17.8 Å². The number of sulfonamides is 1. The molecule has 0 saturated carbocycles. The zero-order valence-corrected chi connectivity index (χ0v) is 12.7. The first-order valence-corrected chi connectivity index (χ1v) is 8.03. The van der Waals surface area contributed by atoms with Crippen LogP contribution in [0.5, 0.6) is 0 Å². The molecule has 0 aliphatic rings. The van der Waals surface area contributed by atoms with Crippen molar-refractivity contribution in [3.63, 3.8) is 0 Å². The van der Waals surface area contributed by atoms with Crippen molar-refractivity contribution in [3.8, 4) is 0 Å². The molecule has 0 amide bonds. The number of hydrogen-bond acceptors (Lipinski definition) is 3. The van der Waals surface area contributed by atoms with E-state index in [2.05, 4.69) is 9.82 Å². The predicted octanol–water partition coefficient (Wildman–Crippen LogP) is 2.25. The standard InChI is InChI=1S/C14H19N3O2S/c1-4-17-10-14(11(2)15-17)12(3)16-20(18,19)13-8-6-5-7-9-13/h5-10,12,16H,4H2,1-3H3. The molecule has 0 aliphatic heterocycles. The molecule has 0 bridgehead atoms. The molecule has 1 atom stereocenters. The quantitative estimate of drug-likeness (QED) is 0.919. The van der Waals surface area contributed by atoms with Crippen molar-refractivity contribution >= 4 is 10.0 Å². The number of aryl methyl sites for hydroxylation is 2. The fourth-order valence-electron chi connectivity index (χ4n) is 2.08. The van der Waals surface area contributed by atoms with Gasteiger partial charge in [0, 0.05) is 24.3 Å². The van der Waals surface area contributed by atoms with Crippen LogP contribution in [0.4, 0.5) is 0 Å². The van der Waals surface area contributed by atoms with E-state index < -0.39 is 10.0 Å². The van der Waals surface area contributed by atoms with Gasteiger partial charge >= 0.3 is 0 Å². The summed E-state index contributed by atoms with van der Waals surface area (Å²) < 4.78 is 29.0. The van der Waals surface area contributed by atoms with Crippen LogP contribution in [0.3, 0.4) is 0 Å². The molecule has 0 fully saturated rings. The van der Waals surface area contributed by atoms with Gasteiger partial charge in [-0.3, -0.25) is 4.68 Å². The third-order valence-electron chi connectivity index (χ3n) is 3.16. The Morgan fingerprint density at radius 2 is 1.95 bits per heavy atom. The lowest BCUT2D eigenvalue weighted by Gasteiger charge is -2.13. The molecule has 0 radical (unpaired) electrons. The minimum absolute atomic E-state index is 0.271. The van der Waals surface area contributed by atoms with Gasteiger partial charge in [0.2, 0.25) is 10.0 Å². The van der Waals surface area contributed by atoms with E-state index >= 15 is 0 Å². The second kappa shape index (κ2) is 5.76. The van der Waals surface area contributed by atoms with Crippen LogP contribution in [0, 0.1) is 6.92 Å². The third kappa shape index (κ3) is 3.08. The van der Waals surface area contributed by atoms with Gasteiger partial charge in [0.25, 0.3) is 0 Å². The van der Waals surface area contributed by atoms with Crippen LogP contribution in [0.15, 0.2) is 41.4 Å². The van der Waals surface area contributed by atoms with Crippen molar-refractivity contribution in [3.05, 3.63) is 47.8 Å². The predicted molar refractivity (Wildman–Crippen MR) is 77.8 cm³/mol. The Kier molecular flexibility index (Phi) is 4.25. The third-order valence-corrected chi connectivity index (χ3v) is 4.72. The Morgan fingerprint density at radius 1 is 1.30 bits per heavy atom. The number of aromatic nitrogens is 2. The fraction of sp³-hybridized carbons (Fsp3) is 0.357. The molecule has 1 aromatic carbocycles. The molecule has 5 nitrogen and oxygen atoms in total. The lowest BCUT2D eigenvalue weighted by Crippen LogP contribution is -2.27. The average Bonchev–Trinajstić information content (AvgIpc) is 2.81. The Hall–Kier alpha value is -1.66. The molecule has 20 heavy (non-hydrogen) atoms. The van der Waals surface area contributed by atoms with Crippen LogP contribution in [-0.2, 0) is 16.6 Å². The van der Waals surface area contributed by atoms with Gasteiger partial charge in [-0.2, -0.15) is 5.10 Å². The van der Waals surface area contributed by atoms with Gasteiger partial charge in [-0.15, -0.1) is 0 Å². The van der Waals surface area contributed by atoms with Crippen LogP contribution in [0.2, 0.25) is 0 Å². The summed E-state index contributed by atoms with van der Waals surface area (Å²) in [5, 5.41) is 4.33. The summed E-state index contributed by atoms with van der Waals surface area (Å²) in [4.78, 5) is 0.271. The average molecular weight is 293 g/mol. The Morgan fingerprint density at radius 3 is 2.50 bits per heavy atom. The van der Waals surface area contributed by atoms with Crippen LogP contribution < -0.4 is 4.72 Å². The SMILES string of the molecule is CCn1cc(C(C)NS(=O)(=O)c2ccccc2)c(C)n1. The van der Waals surface area contributed by atoms with Crippen molar-refractivity contribution < 1.29 is 8.42 Å². The van der Waals surface area contributed by atoms with E-state index in [0.29, 0.717) is 0 Å². The van der Waals surface area contributed by atoms with Crippen LogP contribution >= 0.6 is 0 Å². The highest BCUT2D eigenvalue weighted by Gasteiger charge is 2.20. The second-order valence-electron chi connectivity index (χ2n) is 4.68. The Balaban J connectivity index is 2.23. The molecule has 0 aliphatic carbocycles. The van der Waals surface area contributed by atoms with Gasteiger partial charge in [-0.05, 0) is 32.9 Å². The Labute approximate surface area is 119 Å². The maximum Gasteiger partial charge on any atom is 0.241 e. The van der Waals surface area contributed by atoms with E-state index in [1.807, 2.05) is 27.0 Å². The monoisotopic (exact) mass is 293 g/mol. The lowest BCUT2D eigenvalue weighted by atomic mass is 10.1. The zero-order valence-electron chi connectivity index (χ0n) is 11.9. The van der Waals surface area contributed by atoms with Gasteiger partial charge in [0.15, 0.2) is 0 Å². The molecule has 0 spiro atoms. The summed E-state index contributed by atoms with van der Waals surface area (Å²) >= 11 is 0. The van der Waals surface area contributed by atoms with Gasteiger partial charge in [0.05, 0.1) is 10.6 Å². The first kappa shape index (κ1) is 14.7. The van der Waals surface area contributed by atoms with E-state index in [-0.39, 0.29) is 10.9 Å². The maximum atomic E-state index is 12.3. The lowest BCUT2D eigenvalue weighted by molar-refractivity contribution is 0.566. The van der Waals surface area contributed by atoms with Crippen LogP contribution in [0.25, 0.3) is 0 Å². The number of rotatable bonds is 5. The molecule has 2 aromatic rings. The maximum absolute atomic E-state index is 12.3. The first-order valence-electron chi connectivity index (χ1n) is 6.55. The Bertz CT molecular complexity index is 678. The summed E-state index contributed by atoms with van der Waals surface area (Å²) in [6.07, 6.45) is 1.88. The summed E-state index contributed by atoms with van der Waals surface area (Å²) in [7, 11) is -3.51. The number of benzene rings is 1. The molecule has 6 heteroatoms. The molecule has 108 valence electrons. The highest BCUT2D eigenvalue weighted by atomic mass is 32.2. The van der Waals surface area contributed by atoms with E-state index in [4.69, 9.17) is 0 Å². The van der Waals surface area contributed by atoms with Gasteiger partial charge in [0.1, 0.15) is 0 Å². The highest BCUT2D eigenvalue weighted by Crippen LogP contribution is 2.19. The smallest absolute Gasteiger partial charge is 0.241 e. The van der Waals surface area contributed by atoms with E-state index in [1.165, 1.54) is 0 Å². The number of hydrogen-bond donors (Lipinski definition) is 1. The highest BCUT2D eigenvalue weighted by molar-refractivity contribution is 7.89. The topological polar surface area (TPSA) is 64.0 Å². The van der Waals surface area contributed by atoms with Gasteiger partial charge in [-0.1, -0.05) is 18.2 Å². The molecule has 2 rings (SSSR count). The van der Waals surface area contributed by atoms with Crippen LogP contribution in [-0.4, -0.2) is 18.2 Å². The summed E-state index contributed by atoms with van der Waals surface area (Å²) in [6.45, 7) is 6.47. The fourth-order valence-corrected chi connectivity index (χ4v) is 3.33. The summed E-state index contributed by atoms with van der Waals surface area (Å²) in [6, 6.07) is 8.05. The van der Waals surface area contributed by atoms with E-state index in [1.54, 1.807) is 35.0 Å². The van der Waals surface area contributed by atoms with Crippen molar-refractivity contribution in [1.29, 1.82) is 0 Å². The molecule has 1 aromatic heterocycles. The largest absolute Gasteiger partial charge is 0.272 e. The summed E-state index contributed by atoms with van der Waals surface area (Å²) in [5.74, 6) is 0. The molecule has 1 heterocycles. The zero-order chi connectivity index (χ0) is 14.8. The molecular formula is C14H19N3O2S. The van der Waals surface area contributed by atoms with Crippen molar-refractivity contribution in [2.45, 2.75) is 38.3 Å². The van der Waals surface area contributed by atoms with Crippen molar-refractivity contribution in [1.82, 2.24) is 14.5 Å². The minimum Gasteiger partial charge on any atom is -0.272 e. The molecule has 0 saturated heterocycles. The number of nitrogens with zero attached hydrogens (tertiary/aromatic N) is 2.